The third-order valence-corrected chi connectivity index (χ3v) is 7.16. The maximum atomic E-state index is 11.4. The Kier molecular flexibility index (Phi) is 35.0. The van der Waals surface area contributed by atoms with E-state index in [1.54, 1.807) is 55.4 Å². The first-order valence-corrected chi connectivity index (χ1v) is 15.9. The molecule has 0 amide bonds. The second-order valence-corrected chi connectivity index (χ2v) is 12.3. The van der Waals surface area contributed by atoms with Gasteiger partial charge in [0, 0.05) is 36.5 Å². The van der Waals surface area contributed by atoms with Crippen molar-refractivity contribution in [3.63, 3.8) is 0 Å². The van der Waals surface area contributed by atoms with E-state index in [0.717, 1.165) is 0 Å². The highest BCUT2D eigenvalue weighted by molar-refractivity contribution is 5.95. The normalized spacial score (nSPS) is 13.0. The number of rotatable bonds is 18. The zero-order chi connectivity index (χ0) is 39.4. The van der Waals surface area contributed by atoms with E-state index in [-0.39, 0.29) is 86.3 Å². The zero-order valence-corrected chi connectivity index (χ0v) is 30.9. The van der Waals surface area contributed by atoms with Crippen LogP contribution in [0.1, 0.15) is 82.1 Å². The van der Waals surface area contributed by atoms with Gasteiger partial charge in [-0.15, -0.1) is 0 Å². The van der Waals surface area contributed by atoms with Crippen molar-refractivity contribution in [3.8, 4) is 0 Å². The van der Waals surface area contributed by atoms with Crippen LogP contribution in [0, 0.1) is 34.5 Å². The van der Waals surface area contributed by atoms with Gasteiger partial charge in [-0.1, -0.05) is 54.7 Å². The number of hydrogen-bond acceptors (Lipinski definition) is 13. The molecule has 0 fully saturated rings. The van der Waals surface area contributed by atoms with Crippen LogP contribution in [-0.2, 0) is 24.0 Å². The summed E-state index contributed by atoms with van der Waals surface area (Å²) in [6, 6.07) is 0. The minimum absolute atomic E-state index is 0.0579. The second-order valence-electron chi connectivity index (χ2n) is 12.3. The van der Waals surface area contributed by atoms with E-state index in [1.165, 1.54) is 6.92 Å². The van der Waals surface area contributed by atoms with Gasteiger partial charge < -0.3 is 40.9 Å². The summed E-state index contributed by atoms with van der Waals surface area (Å²) < 4.78 is 0. The van der Waals surface area contributed by atoms with Gasteiger partial charge in [0.15, 0.2) is 11.6 Å². The minimum atomic E-state index is -1.12. The van der Waals surface area contributed by atoms with Crippen LogP contribution in [0.2, 0.25) is 0 Å². The lowest BCUT2D eigenvalue weighted by atomic mass is 9.82. The van der Waals surface area contributed by atoms with Crippen molar-refractivity contribution < 1.29 is 64.8 Å². The maximum absolute atomic E-state index is 11.4. The molecular weight excluding hydrogens is 628 g/mol. The van der Waals surface area contributed by atoms with E-state index < -0.39 is 30.0 Å². The molecular formula is C35H66O13. The number of ketones is 5. The smallest absolute Gasteiger partial charge is 0.163 e. The van der Waals surface area contributed by atoms with Crippen LogP contribution in [-0.4, -0.2) is 123 Å². The van der Waals surface area contributed by atoms with E-state index in [4.69, 9.17) is 40.9 Å². The molecule has 0 saturated heterocycles. The van der Waals surface area contributed by atoms with Crippen molar-refractivity contribution >= 4 is 28.9 Å². The summed E-state index contributed by atoms with van der Waals surface area (Å²) in [5, 5.41) is 69.3. The van der Waals surface area contributed by atoms with Crippen LogP contribution in [0.15, 0.2) is 24.3 Å². The van der Waals surface area contributed by atoms with Crippen LogP contribution >= 0.6 is 0 Å². The zero-order valence-electron chi connectivity index (χ0n) is 30.9. The molecule has 0 radical (unpaired) electrons. The van der Waals surface area contributed by atoms with Gasteiger partial charge in [-0.05, 0) is 38.8 Å². The van der Waals surface area contributed by atoms with Crippen molar-refractivity contribution in [1.82, 2.24) is 0 Å². The Labute approximate surface area is 287 Å². The fourth-order valence-corrected chi connectivity index (χ4v) is 3.01. The molecule has 0 aromatic heterocycles. The number of aliphatic hydroxyl groups is 8. The van der Waals surface area contributed by atoms with Crippen LogP contribution in [0.25, 0.3) is 0 Å². The van der Waals surface area contributed by atoms with Crippen molar-refractivity contribution in [1.29, 1.82) is 0 Å². The van der Waals surface area contributed by atoms with Crippen molar-refractivity contribution in [2.75, 3.05) is 52.9 Å². The Bertz CT molecular complexity index is 936. The first kappa shape index (κ1) is 54.9. The summed E-state index contributed by atoms with van der Waals surface area (Å²) in [5.74, 6) is -1.91. The molecule has 0 aliphatic carbocycles. The molecule has 0 aliphatic rings. The molecule has 0 aliphatic heterocycles. The predicted octanol–water partition coefficient (Wildman–Crippen LogP) is 1.25. The molecule has 8 N–H and O–H groups in total. The molecule has 284 valence electrons. The van der Waals surface area contributed by atoms with Gasteiger partial charge in [0.2, 0.25) is 0 Å². The van der Waals surface area contributed by atoms with Gasteiger partial charge in [-0.3, -0.25) is 24.0 Å². The van der Waals surface area contributed by atoms with Crippen molar-refractivity contribution in [2.45, 2.75) is 82.1 Å². The van der Waals surface area contributed by atoms with Crippen LogP contribution in [0.3, 0.4) is 0 Å². The first-order chi connectivity index (χ1) is 22.0. The summed E-state index contributed by atoms with van der Waals surface area (Å²) in [4.78, 5) is 54.6. The van der Waals surface area contributed by atoms with E-state index in [9.17, 15) is 24.0 Å². The molecule has 4 atom stereocenters. The predicted molar refractivity (Wildman–Crippen MR) is 185 cm³/mol. The van der Waals surface area contributed by atoms with Gasteiger partial charge in [0.05, 0.1) is 63.7 Å². The molecule has 0 aromatic rings. The largest absolute Gasteiger partial charge is 0.396 e. The lowest BCUT2D eigenvalue weighted by Gasteiger charge is -2.25. The summed E-state index contributed by atoms with van der Waals surface area (Å²) in [6.45, 7) is 21.4. The molecule has 13 nitrogen and oxygen atoms in total. The monoisotopic (exact) mass is 694 g/mol. The quantitative estimate of drug-likeness (QED) is 0.0943. The van der Waals surface area contributed by atoms with E-state index in [1.807, 2.05) is 6.92 Å². The molecule has 0 bridgehead atoms. The summed E-state index contributed by atoms with van der Waals surface area (Å²) in [5.41, 5.74) is -0.893. The van der Waals surface area contributed by atoms with Gasteiger partial charge >= 0.3 is 0 Å². The third-order valence-electron chi connectivity index (χ3n) is 7.16. The average Bonchev–Trinajstić information content (AvgIpc) is 3.11. The maximum Gasteiger partial charge on any atom is 0.163 e. The SMILES string of the molecule is C=C(C)C(=O)C(C)CO.C=C(C)C(=O)CC.CC(CO)C(=O)C(C)(CO)CO.CC(CO)C(=O)C(C)CO.CCC(=O)C(C)(CO)CO. The summed E-state index contributed by atoms with van der Waals surface area (Å²) >= 11 is 0. The van der Waals surface area contributed by atoms with Gasteiger partial charge in [0.25, 0.3) is 0 Å². The molecule has 48 heavy (non-hydrogen) atoms. The van der Waals surface area contributed by atoms with Gasteiger partial charge in [-0.25, -0.2) is 0 Å². The summed E-state index contributed by atoms with van der Waals surface area (Å²) in [6.07, 6.45) is 0.937. The Balaban J connectivity index is -0.000000162. The highest BCUT2D eigenvalue weighted by atomic mass is 16.3. The van der Waals surface area contributed by atoms with Crippen molar-refractivity contribution in [2.24, 2.45) is 34.5 Å². The minimum Gasteiger partial charge on any atom is -0.396 e. The first-order valence-electron chi connectivity index (χ1n) is 15.9. The molecule has 13 heteroatoms. The van der Waals surface area contributed by atoms with Gasteiger partial charge in [-0.2, -0.15) is 0 Å². The Morgan fingerprint density at radius 1 is 0.542 bits per heavy atom. The highest BCUT2D eigenvalue weighted by Gasteiger charge is 2.34. The number of Topliss-reactive ketones (excluding diaryl/α,β-unsaturated/α-hetero) is 5. The number of aliphatic hydroxyl groups excluding tert-OH is 8. The third kappa shape index (κ3) is 23.8. The topological polar surface area (TPSA) is 247 Å². The van der Waals surface area contributed by atoms with Gasteiger partial charge in [0.1, 0.15) is 17.3 Å². The number of allylic oxidation sites excluding steroid dienone is 2. The second kappa shape index (κ2) is 30.6. The summed E-state index contributed by atoms with van der Waals surface area (Å²) in [7, 11) is 0. The lowest BCUT2D eigenvalue weighted by molar-refractivity contribution is -0.137. The fourth-order valence-electron chi connectivity index (χ4n) is 3.01. The van der Waals surface area contributed by atoms with E-state index in [0.29, 0.717) is 24.0 Å². The highest BCUT2D eigenvalue weighted by Crippen LogP contribution is 2.20. The molecule has 4 unspecified atom stereocenters. The molecule has 0 saturated carbocycles. The van der Waals surface area contributed by atoms with Crippen LogP contribution in [0.5, 0.6) is 0 Å². The standard InChI is InChI=1S/C8H16O4.2C7H14O3.C7H12O2.C6H10O/c1-6(3-9)7(12)8(2,4-10)5-11;1-5(3-8)7(10)6(2)4-9;1-3-6(10)7(2,4-8)5-9;1-5(2)7(9)6(3)4-8;1-4-6(7)5(2)3/h6,9-11H,3-5H2,1-2H3;5-6,8-9H,3-4H2,1-2H3;8-9H,3-5H2,1-2H3;6,8H,1,4H2,2-3H3;2,4H2,1,3H3. The fraction of sp³-hybridized carbons (Fsp3) is 0.743. The molecule has 0 heterocycles. The Morgan fingerprint density at radius 2 is 0.875 bits per heavy atom. The molecule has 0 aromatic carbocycles. The molecule has 0 spiro atoms. The van der Waals surface area contributed by atoms with Crippen LogP contribution < -0.4 is 0 Å². The van der Waals surface area contributed by atoms with E-state index >= 15 is 0 Å². The van der Waals surface area contributed by atoms with Crippen LogP contribution in [0.4, 0.5) is 0 Å². The Hall–Kier alpha value is -2.49. The Morgan fingerprint density at radius 3 is 1.02 bits per heavy atom. The average molecular weight is 695 g/mol. The number of hydrogen-bond donors (Lipinski definition) is 8. The number of carbonyl (C=O) groups is 5. The van der Waals surface area contributed by atoms with Crippen molar-refractivity contribution in [3.05, 3.63) is 24.3 Å². The lowest BCUT2D eigenvalue weighted by Crippen LogP contribution is -2.40. The molecule has 0 rings (SSSR count). The number of carbonyl (C=O) groups excluding carboxylic acids is 5. The van der Waals surface area contributed by atoms with E-state index in [2.05, 4.69) is 13.2 Å².